The number of nitrogens with zero attached hydrogens (tertiary/aromatic N) is 2. The van der Waals surface area contributed by atoms with Crippen LogP contribution in [-0.4, -0.2) is 9.13 Å². The van der Waals surface area contributed by atoms with E-state index in [1.54, 1.807) is 0 Å². The predicted octanol–water partition coefficient (Wildman–Crippen LogP) is 13.1. The molecule has 0 aliphatic rings. The number of thiophene rings is 1. The first-order valence-corrected chi connectivity index (χ1v) is 17.6. The average Bonchev–Trinajstić information content (AvgIpc) is 3.82. The van der Waals surface area contributed by atoms with E-state index in [1.807, 2.05) is 11.3 Å². The van der Waals surface area contributed by atoms with Crippen LogP contribution in [0.4, 0.5) is 0 Å². The van der Waals surface area contributed by atoms with Crippen LogP contribution in [0.2, 0.25) is 0 Å². The van der Waals surface area contributed by atoms with E-state index in [0.717, 1.165) is 5.69 Å². The lowest BCUT2D eigenvalue weighted by Gasteiger charge is -2.11. The summed E-state index contributed by atoms with van der Waals surface area (Å²) in [6.07, 6.45) is 0. The Kier molecular flexibility index (Phi) is 5.57. The maximum atomic E-state index is 2.47. The quantitative estimate of drug-likeness (QED) is 0.182. The second-order valence-electron chi connectivity index (χ2n) is 12.9. The van der Waals surface area contributed by atoms with Gasteiger partial charge in [-0.1, -0.05) is 109 Å². The topological polar surface area (TPSA) is 9.86 Å². The number of benzene rings is 8. The molecular weight excluding hydrogens is 613 g/mol. The lowest BCUT2D eigenvalue weighted by molar-refractivity contribution is 1.16. The zero-order valence-corrected chi connectivity index (χ0v) is 27.3. The van der Waals surface area contributed by atoms with Gasteiger partial charge >= 0.3 is 0 Å². The second kappa shape index (κ2) is 10.2. The first kappa shape index (κ1) is 26.9. The number of hydrogen-bond acceptors (Lipinski definition) is 1. The fourth-order valence-corrected chi connectivity index (χ4v) is 9.32. The Hall–Kier alpha value is -6.16. The molecule has 11 rings (SSSR count). The number of hydrogen-bond donors (Lipinski definition) is 0. The minimum absolute atomic E-state index is 1.16. The number of aromatic nitrogens is 2. The Morgan fingerprint density at radius 3 is 1.90 bits per heavy atom. The van der Waals surface area contributed by atoms with Gasteiger partial charge in [-0.2, -0.15) is 0 Å². The molecule has 0 fully saturated rings. The molecule has 11 aromatic rings. The molecule has 0 saturated heterocycles. The molecule has 3 aromatic heterocycles. The van der Waals surface area contributed by atoms with E-state index in [9.17, 15) is 0 Å². The largest absolute Gasteiger partial charge is 0.309 e. The van der Waals surface area contributed by atoms with E-state index in [2.05, 4.69) is 179 Å². The van der Waals surface area contributed by atoms with Crippen molar-refractivity contribution in [3.63, 3.8) is 0 Å². The van der Waals surface area contributed by atoms with Crippen LogP contribution in [0.15, 0.2) is 170 Å². The molecule has 0 saturated carbocycles. The smallest absolute Gasteiger partial charge is 0.0562 e. The first-order valence-electron chi connectivity index (χ1n) is 16.8. The fraction of sp³-hybridized carbons (Fsp3) is 0. The van der Waals surface area contributed by atoms with Gasteiger partial charge in [0.15, 0.2) is 0 Å². The lowest BCUT2D eigenvalue weighted by atomic mass is 9.99. The molecule has 49 heavy (non-hydrogen) atoms. The van der Waals surface area contributed by atoms with Gasteiger partial charge in [0.25, 0.3) is 0 Å². The summed E-state index contributed by atoms with van der Waals surface area (Å²) >= 11 is 1.87. The zero-order chi connectivity index (χ0) is 32.1. The molecule has 0 aliphatic carbocycles. The van der Waals surface area contributed by atoms with E-state index in [4.69, 9.17) is 0 Å². The molecule has 0 atom stereocenters. The maximum Gasteiger partial charge on any atom is 0.0562 e. The van der Waals surface area contributed by atoms with E-state index < -0.39 is 0 Å². The number of para-hydroxylation sites is 2. The summed E-state index contributed by atoms with van der Waals surface area (Å²) in [7, 11) is 0. The summed E-state index contributed by atoms with van der Waals surface area (Å²) < 4.78 is 7.54. The summed E-state index contributed by atoms with van der Waals surface area (Å²) in [6.45, 7) is 0. The first-order chi connectivity index (χ1) is 24.3. The van der Waals surface area contributed by atoms with Gasteiger partial charge in [-0.15, -0.1) is 11.3 Å². The van der Waals surface area contributed by atoms with E-state index in [-0.39, 0.29) is 0 Å². The standard InChI is InChI=1S/C46H28N2S/c1-2-12-31(13-3-1)47-39-18-8-6-15-35(39)37-27-38-42(28-41(37)47)48(40-26-23-29-11-4-5-14-33(29)45(38)40)32-24-21-30(22-25-32)34-17-10-20-44-46(34)36-16-7-9-19-43(36)49-44/h1-28H. The van der Waals surface area contributed by atoms with Crippen molar-refractivity contribution < 1.29 is 0 Å². The van der Waals surface area contributed by atoms with Crippen molar-refractivity contribution in [2.75, 3.05) is 0 Å². The van der Waals surface area contributed by atoms with E-state index in [0.29, 0.717) is 0 Å². The summed E-state index contributed by atoms with van der Waals surface area (Å²) in [5.41, 5.74) is 9.69. The average molecular weight is 641 g/mol. The van der Waals surface area contributed by atoms with Crippen LogP contribution < -0.4 is 0 Å². The van der Waals surface area contributed by atoms with Crippen molar-refractivity contribution >= 4 is 85.9 Å². The van der Waals surface area contributed by atoms with Crippen molar-refractivity contribution in [2.45, 2.75) is 0 Å². The third-order valence-corrected chi connectivity index (χ3v) is 11.4. The van der Waals surface area contributed by atoms with Crippen LogP contribution in [0.5, 0.6) is 0 Å². The molecule has 2 nitrogen and oxygen atoms in total. The molecule has 0 bridgehead atoms. The summed E-state index contributed by atoms with van der Waals surface area (Å²) in [5, 5.41) is 10.3. The molecule has 0 radical (unpaired) electrons. The highest BCUT2D eigenvalue weighted by molar-refractivity contribution is 7.25. The maximum absolute atomic E-state index is 2.47. The van der Waals surface area contributed by atoms with Crippen molar-refractivity contribution in [3.05, 3.63) is 170 Å². The van der Waals surface area contributed by atoms with Crippen LogP contribution in [0, 0.1) is 0 Å². The Morgan fingerprint density at radius 2 is 1.02 bits per heavy atom. The van der Waals surface area contributed by atoms with Gasteiger partial charge in [0, 0.05) is 53.1 Å². The second-order valence-corrected chi connectivity index (χ2v) is 14.0. The zero-order valence-electron chi connectivity index (χ0n) is 26.5. The molecule has 228 valence electrons. The highest BCUT2D eigenvalue weighted by Crippen LogP contribution is 2.43. The Bertz CT molecular complexity index is 3090. The third kappa shape index (κ3) is 3.82. The van der Waals surface area contributed by atoms with Crippen LogP contribution in [0.25, 0.3) is 97.1 Å². The SMILES string of the molecule is c1ccc(-n2c3ccccc3c3cc4c5c6ccccc6ccc5n(-c5ccc(-c6cccc7sc8ccccc8c67)cc5)c4cc32)cc1. The van der Waals surface area contributed by atoms with Gasteiger partial charge in [-0.05, 0) is 82.6 Å². The van der Waals surface area contributed by atoms with E-state index in [1.165, 1.54) is 91.4 Å². The van der Waals surface area contributed by atoms with Crippen molar-refractivity contribution in [3.8, 4) is 22.5 Å². The predicted molar refractivity (Wildman–Crippen MR) is 211 cm³/mol. The molecule has 0 unspecified atom stereocenters. The van der Waals surface area contributed by atoms with Gasteiger partial charge in [0.1, 0.15) is 0 Å². The molecular formula is C46H28N2S. The molecule has 3 heterocycles. The van der Waals surface area contributed by atoms with Crippen molar-refractivity contribution in [2.24, 2.45) is 0 Å². The third-order valence-electron chi connectivity index (χ3n) is 10.3. The van der Waals surface area contributed by atoms with Crippen LogP contribution >= 0.6 is 11.3 Å². The van der Waals surface area contributed by atoms with Gasteiger partial charge in [0.2, 0.25) is 0 Å². The van der Waals surface area contributed by atoms with Crippen LogP contribution in [0.1, 0.15) is 0 Å². The summed E-state index contributed by atoms with van der Waals surface area (Å²) in [4.78, 5) is 0. The molecule has 8 aromatic carbocycles. The van der Waals surface area contributed by atoms with Gasteiger partial charge in [-0.25, -0.2) is 0 Å². The van der Waals surface area contributed by atoms with Crippen molar-refractivity contribution in [1.29, 1.82) is 0 Å². The highest BCUT2D eigenvalue weighted by atomic mass is 32.1. The number of fused-ring (bicyclic) bond motifs is 11. The minimum atomic E-state index is 1.16. The molecule has 0 N–H and O–H groups in total. The number of rotatable bonds is 3. The molecule has 3 heteroatoms. The Labute approximate surface area is 286 Å². The minimum Gasteiger partial charge on any atom is -0.309 e. The van der Waals surface area contributed by atoms with Crippen molar-refractivity contribution in [1.82, 2.24) is 9.13 Å². The summed E-state index contributed by atoms with van der Waals surface area (Å²) in [6, 6.07) is 62.4. The van der Waals surface area contributed by atoms with Gasteiger partial charge in [0.05, 0.1) is 22.1 Å². The Morgan fingerprint density at radius 1 is 0.347 bits per heavy atom. The molecule has 0 spiro atoms. The fourth-order valence-electron chi connectivity index (χ4n) is 8.19. The van der Waals surface area contributed by atoms with Crippen LogP contribution in [0.3, 0.4) is 0 Å². The lowest BCUT2D eigenvalue weighted by Crippen LogP contribution is -1.96. The highest BCUT2D eigenvalue weighted by Gasteiger charge is 2.20. The summed E-state index contributed by atoms with van der Waals surface area (Å²) in [5.74, 6) is 0. The monoisotopic (exact) mass is 640 g/mol. The van der Waals surface area contributed by atoms with E-state index >= 15 is 0 Å². The molecule has 0 amide bonds. The Balaban J connectivity index is 1.21. The molecule has 0 aliphatic heterocycles. The van der Waals surface area contributed by atoms with Gasteiger partial charge < -0.3 is 9.13 Å². The van der Waals surface area contributed by atoms with Crippen LogP contribution in [-0.2, 0) is 0 Å². The normalized spacial score (nSPS) is 12.1. The van der Waals surface area contributed by atoms with Gasteiger partial charge in [-0.3, -0.25) is 0 Å².